The summed E-state index contributed by atoms with van der Waals surface area (Å²) < 4.78 is 7.33. The lowest BCUT2D eigenvalue weighted by atomic mass is 10.2. The molecule has 4 heteroatoms. The first-order valence-corrected chi connectivity index (χ1v) is 6.68. The molecule has 1 rings (SSSR count). The molecule has 0 aliphatic carbocycles. The second kappa shape index (κ2) is 7.09. The summed E-state index contributed by atoms with van der Waals surface area (Å²) >= 11 is 6.94. The summed E-state index contributed by atoms with van der Waals surface area (Å²) in [6, 6.07) is 4.01. The van der Waals surface area contributed by atoms with Crippen molar-refractivity contribution in [2.24, 2.45) is 0 Å². The van der Waals surface area contributed by atoms with Gasteiger partial charge in [0.1, 0.15) is 5.75 Å². The van der Waals surface area contributed by atoms with Crippen LogP contribution in [0.5, 0.6) is 5.75 Å². The zero-order valence-corrected chi connectivity index (χ0v) is 12.6. The van der Waals surface area contributed by atoms with Crippen molar-refractivity contribution in [3.05, 3.63) is 32.7 Å². The first-order valence-electron chi connectivity index (χ1n) is 5.09. The van der Waals surface area contributed by atoms with E-state index < -0.39 is 0 Å². The van der Waals surface area contributed by atoms with Crippen molar-refractivity contribution in [1.29, 1.82) is 0 Å². The third-order valence-electron chi connectivity index (χ3n) is 2.05. The van der Waals surface area contributed by atoms with Crippen molar-refractivity contribution >= 4 is 37.9 Å². The number of hydrogen-bond donors (Lipinski definition) is 1. The molecule has 1 aromatic carbocycles. The Bertz CT molecular complexity index is 378. The molecule has 0 saturated carbocycles. The molecule has 1 N–H and O–H groups in total. The van der Waals surface area contributed by atoms with Gasteiger partial charge >= 0.3 is 0 Å². The molecular formula is C12H15Br2NO. The van der Waals surface area contributed by atoms with E-state index in [0.29, 0.717) is 0 Å². The Labute approximate surface area is 113 Å². The maximum atomic E-state index is 5.35. The molecule has 0 spiro atoms. The number of halogens is 2. The topological polar surface area (TPSA) is 21.3 Å². The molecule has 0 fully saturated rings. The summed E-state index contributed by atoms with van der Waals surface area (Å²) in [5.41, 5.74) is 1.06. The Hall–Kier alpha value is -0.320. The Morgan fingerprint density at radius 1 is 1.38 bits per heavy atom. The average Bonchev–Trinajstić information content (AvgIpc) is 2.24. The van der Waals surface area contributed by atoms with Gasteiger partial charge in [0.15, 0.2) is 0 Å². The molecule has 0 amide bonds. The van der Waals surface area contributed by atoms with Gasteiger partial charge in [-0.2, -0.15) is 0 Å². The number of methoxy groups -OCH3 is 1. The summed E-state index contributed by atoms with van der Waals surface area (Å²) in [5.74, 6) is 0.857. The van der Waals surface area contributed by atoms with Gasteiger partial charge in [-0.3, -0.25) is 0 Å². The molecule has 0 unspecified atom stereocenters. The predicted octanol–water partition coefficient (Wildman–Crippen LogP) is 3.84. The van der Waals surface area contributed by atoms with E-state index in [1.54, 1.807) is 7.11 Å². The van der Waals surface area contributed by atoms with Gasteiger partial charge in [0.05, 0.1) is 11.6 Å². The van der Waals surface area contributed by atoms with Gasteiger partial charge in [-0.1, -0.05) is 35.0 Å². The fourth-order valence-corrected chi connectivity index (χ4v) is 2.75. The number of hydrogen-bond acceptors (Lipinski definition) is 2. The molecule has 0 bridgehead atoms. The highest BCUT2D eigenvalue weighted by molar-refractivity contribution is 9.11. The molecule has 0 saturated heterocycles. The second-order valence-corrected chi connectivity index (χ2v) is 4.99. The first-order chi connectivity index (χ1) is 7.69. The van der Waals surface area contributed by atoms with Gasteiger partial charge in [0.2, 0.25) is 0 Å². The zero-order valence-electron chi connectivity index (χ0n) is 9.39. The van der Waals surface area contributed by atoms with Crippen molar-refractivity contribution in [2.75, 3.05) is 20.2 Å². The lowest BCUT2D eigenvalue weighted by Gasteiger charge is -2.08. The van der Waals surface area contributed by atoms with Gasteiger partial charge in [-0.15, -0.1) is 0 Å². The van der Waals surface area contributed by atoms with Crippen LogP contribution in [0.3, 0.4) is 0 Å². The van der Waals surface area contributed by atoms with Crippen LogP contribution in [0.25, 0.3) is 6.08 Å². The van der Waals surface area contributed by atoms with Crippen molar-refractivity contribution in [3.63, 3.8) is 0 Å². The van der Waals surface area contributed by atoms with E-state index >= 15 is 0 Å². The maximum Gasteiger partial charge on any atom is 0.140 e. The molecule has 1 aromatic rings. The lowest BCUT2D eigenvalue weighted by molar-refractivity contribution is 0.411. The minimum Gasteiger partial charge on any atom is -0.495 e. The summed E-state index contributed by atoms with van der Waals surface area (Å²) in [6.07, 6.45) is 4.14. The molecule has 88 valence electrons. The van der Waals surface area contributed by atoms with E-state index in [9.17, 15) is 0 Å². The van der Waals surface area contributed by atoms with Gasteiger partial charge in [0.25, 0.3) is 0 Å². The molecule has 0 aliphatic heterocycles. The third-order valence-corrected chi connectivity index (χ3v) is 3.10. The summed E-state index contributed by atoms with van der Waals surface area (Å²) in [7, 11) is 1.68. The quantitative estimate of drug-likeness (QED) is 0.816. The van der Waals surface area contributed by atoms with Crippen LogP contribution in [0.2, 0.25) is 0 Å². The van der Waals surface area contributed by atoms with E-state index in [1.807, 2.05) is 12.1 Å². The number of ether oxygens (including phenoxy) is 1. The predicted molar refractivity (Wildman–Crippen MR) is 76.0 cm³/mol. The van der Waals surface area contributed by atoms with Crippen LogP contribution in [-0.4, -0.2) is 20.2 Å². The van der Waals surface area contributed by atoms with Crippen LogP contribution in [-0.2, 0) is 0 Å². The summed E-state index contributed by atoms with van der Waals surface area (Å²) in [5, 5.41) is 3.23. The molecule has 0 aromatic heterocycles. The smallest absolute Gasteiger partial charge is 0.140 e. The first kappa shape index (κ1) is 13.7. The minimum absolute atomic E-state index is 0.857. The van der Waals surface area contributed by atoms with Crippen molar-refractivity contribution in [1.82, 2.24) is 5.32 Å². The highest BCUT2D eigenvalue weighted by atomic mass is 79.9. The monoisotopic (exact) mass is 347 g/mol. The molecule has 0 atom stereocenters. The van der Waals surface area contributed by atoms with E-state index in [0.717, 1.165) is 33.3 Å². The van der Waals surface area contributed by atoms with Crippen LogP contribution in [0.4, 0.5) is 0 Å². The molecule has 16 heavy (non-hydrogen) atoms. The normalized spacial score (nSPS) is 11.0. The maximum absolute atomic E-state index is 5.35. The number of likely N-dealkylation sites (N-methyl/N-ethyl adjacent to an activating group) is 1. The molecule has 0 aliphatic rings. The summed E-state index contributed by atoms with van der Waals surface area (Å²) in [4.78, 5) is 0. The van der Waals surface area contributed by atoms with Gasteiger partial charge < -0.3 is 10.1 Å². The standard InChI is InChI=1S/C12H15Br2NO/c1-3-15-6-4-5-9-7-10(13)8-11(14)12(9)16-2/h4-5,7-8,15H,3,6H2,1-2H3. The van der Waals surface area contributed by atoms with Crippen molar-refractivity contribution in [2.45, 2.75) is 6.92 Å². The average molecular weight is 349 g/mol. The minimum atomic E-state index is 0.857. The van der Waals surface area contributed by atoms with Crippen LogP contribution in [0, 0.1) is 0 Å². The van der Waals surface area contributed by atoms with Gasteiger partial charge in [0, 0.05) is 16.6 Å². The largest absolute Gasteiger partial charge is 0.495 e. The lowest BCUT2D eigenvalue weighted by Crippen LogP contribution is -2.11. The molecule has 2 nitrogen and oxygen atoms in total. The number of nitrogens with one attached hydrogen (secondary N) is 1. The number of rotatable bonds is 5. The molecule has 0 heterocycles. The van der Waals surface area contributed by atoms with Crippen molar-refractivity contribution < 1.29 is 4.74 Å². The van der Waals surface area contributed by atoms with E-state index in [1.165, 1.54) is 0 Å². The van der Waals surface area contributed by atoms with E-state index in [4.69, 9.17) is 4.74 Å². The van der Waals surface area contributed by atoms with Crippen LogP contribution >= 0.6 is 31.9 Å². The fourth-order valence-electron chi connectivity index (χ4n) is 1.33. The van der Waals surface area contributed by atoms with E-state index in [2.05, 4.69) is 56.3 Å². The van der Waals surface area contributed by atoms with Gasteiger partial charge in [-0.05, 0) is 34.6 Å². The highest BCUT2D eigenvalue weighted by Gasteiger charge is 2.06. The van der Waals surface area contributed by atoms with Crippen LogP contribution < -0.4 is 10.1 Å². The van der Waals surface area contributed by atoms with Crippen LogP contribution in [0.15, 0.2) is 27.2 Å². The van der Waals surface area contributed by atoms with Crippen LogP contribution in [0.1, 0.15) is 12.5 Å². The zero-order chi connectivity index (χ0) is 12.0. The van der Waals surface area contributed by atoms with Crippen molar-refractivity contribution in [3.8, 4) is 5.75 Å². The third kappa shape index (κ3) is 3.92. The highest BCUT2D eigenvalue weighted by Crippen LogP contribution is 2.33. The Balaban J connectivity index is 2.89. The Kier molecular flexibility index (Phi) is 6.09. The Morgan fingerprint density at radius 2 is 2.12 bits per heavy atom. The Morgan fingerprint density at radius 3 is 2.75 bits per heavy atom. The SMILES string of the molecule is CCNCC=Cc1cc(Br)cc(Br)c1OC. The second-order valence-electron chi connectivity index (χ2n) is 3.22. The van der Waals surface area contributed by atoms with Gasteiger partial charge in [-0.25, -0.2) is 0 Å². The number of benzene rings is 1. The fraction of sp³-hybridized carbons (Fsp3) is 0.333. The molecule has 0 radical (unpaired) electrons. The summed E-state index contributed by atoms with van der Waals surface area (Å²) in [6.45, 7) is 3.93. The molecular weight excluding hydrogens is 334 g/mol. The van der Waals surface area contributed by atoms with E-state index in [-0.39, 0.29) is 0 Å².